The van der Waals surface area contributed by atoms with E-state index in [-0.39, 0.29) is 6.10 Å². The number of imidazole rings is 1. The van der Waals surface area contributed by atoms with Crippen LogP contribution in [0.15, 0.2) is 42.5 Å². The molecule has 1 heterocycles. The third kappa shape index (κ3) is 4.36. The molecule has 4 rings (SSSR count). The van der Waals surface area contributed by atoms with Gasteiger partial charge in [-0.25, -0.2) is 4.98 Å². The van der Waals surface area contributed by atoms with Crippen LogP contribution < -0.4 is 4.74 Å². The Morgan fingerprint density at radius 2 is 1.97 bits per heavy atom. The molecule has 4 nitrogen and oxygen atoms in total. The molecule has 0 bridgehead atoms. The van der Waals surface area contributed by atoms with Crippen molar-refractivity contribution < 1.29 is 4.74 Å². The van der Waals surface area contributed by atoms with Crippen molar-refractivity contribution in [2.75, 3.05) is 0 Å². The van der Waals surface area contributed by atoms with Crippen LogP contribution in [0.5, 0.6) is 5.75 Å². The summed E-state index contributed by atoms with van der Waals surface area (Å²) >= 11 is 0. The first-order valence-electron chi connectivity index (χ1n) is 11.0. The van der Waals surface area contributed by atoms with Crippen LogP contribution >= 0.6 is 0 Å². The molecule has 3 aromatic rings. The van der Waals surface area contributed by atoms with E-state index in [1.54, 1.807) is 0 Å². The first kappa shape index (κ1) is 20.5. The molecule has 1 unspecified atom stereocenters. The number of hydrogen-bond acceptors (Lipinski definition) is 3. The molecule has 0 N–H and O–H groups in total. The minimum Gasteiger partial charge on any atom is -0.491 e. The number of nitrogens with zero attached hydrogens (tertiary/aromatic N) is 3. The van der Waals surface area contributed by atoms with Gasteiger partial charge in [-0.15, -0.1) is 0 Å². The van der Waals surface area contributed by atoms with E-state index in [9.17, 15) is 5.26 Å². The molecule has 1 saturated carbocycles. The monoisotopic (exact) mass is 401 g/mol. The topological polar surface area (TPSA) is 50.8 Å². The maximum Gasteiger partial charge on any atom is 0.119 e. The summed E-state index contributed by atoms with van der Waals surface area (Å²) in [5.41, 5.74) is 4.30. The largest absolute Gasteiger partial charge is 0.491 e. The van der Waals surface area contributed by atoms with E-state index in [4.69, 9.17) is 9.72 Å². The average molecular weight is 402 g/mol. The second-order valence-electron chi connectivity index (χ2n) is 9.62. The van der Waals surface area contributed by atoms with Crippen LogP contribution in [0.1, 0.15) is 76.4 Å². The molecular formula is C26H31N3O. The zero-order valence-corrected chi connectivity index (χ0v) is 18.5. The zero-order chi connectivity index (χ0) is 21.3. The van der Waals surface area contributed by atoms with E-state index in [0.717, 1.165) is 35.4 Å². The number of nitriles is 1. The van der Waals surface area contributed by atoms with Crippen molar-refractivity contribution in [1.82, 2.24) is 9.55 Å². The van der Waals surface area contributed by atoms with Crippen LogP contribution in [0.2, 0.25) is 0 Å². The van der Waals surface area contributed by atoms with Crippen molar-refractivity contribution in [2.24, 2.45) is 5.41 Å². The Labute approximate surface area is 179 Å². The molecular weight excluding hydrogens is 370 g/mol. The maximum absolute atomic E-state index is 9.32. The lowest BCUT2D eigenvalue weighted by molar-refractivity contribution is 0.184. The molecule has 0 aliphatic heterocycles. The summed E-state index contributed by atoms with van der Waals surface area (Å²) in [7, 11) is 0. The second kappa shape index (κ2) is 8.14. The van der Waals surface area contributed by atoms with Gasteiger partial charge in [0.2, 0.25) is 0 Å². The average Bonchev–Trinajstić information content (AvgIpc) is 3.05. The lowest BCUT2D eigenvalue weighted by Crippen LogP contribution is -2.26. The fourth-order valence-electron chi connectivity index (χ4n) is 4.77. The van der Waals surface area contributed by atoms with Crippen LogP contribution in [0.3, 0.4) is 0 Å². The molecule has 1 aromatic heterocycles. The number of benzene rings is 2. The maximum atomic E-state index is 9.32. The molecule has 30 heavy (non-hydrogen) atoms. The minimum atomic E-state index is 0.170. The fraction of sp³-hybridized carbons (Fsp3) is 0.462. The summed E-state index contributed by atoms with van der Waals surface area (Å²) in [6, 6.07) is 17.0. The van der Waals surface area contributed by atoms with Gasteiger partial charge in [-0.2, -0.15) is 5.26 Å². The van der Waals surface area contributed by atoms with Crippen LogP contribution in [0.25, 0.3) is 11.0 Å². The Hall–Kier alpha value is -2.80. The third-order valence-corrected chi connectivity index (χ3v) is 6.09. The van der Waals surface area contributed by atoms with Crippen molar-refractivity contribution in [3.05, 3.63) is 59.4 Å². The summed E-state index contributed by atoms with van der Waals surface area (Å²) in [4.78, 5) is 4.99. The number of rotatable bonds is 5. The highest BCUT2D eigenvalue weighted by Crippen LogP contribution is 2.42. The molecule has 4 heteroatoms. The predicted molar refractivity (Wildman–Crippen MR) is 121 cm³/mol. The van der Waals surface area contributed by atoms with Crippen molar-refractivity contribution >= 4 is 11.0 Å². The van der Waals surface area contributed by atoms with Gasteiger partial charge in [0.05, 0.1) is 28.8 Å². The van der Waals surface area contributed by atoms with Gasteiger partial charge in [-0.1, -0.05) is 32.4 Å². The van der Waals surface area contributed by atoms with Crippen LogP contribution in [-0.2, 0) is 6.42 Å². The molecule has 0 radical (unpaired) electrons. The van der Waals surface area contributed by atoms with Crippen molar-refractivity contribution in [2.45, 2.75) is 71.9 Å². The smallest absolute Gasteiger partial charge is 0.119 e. The summed E-state index contributed by atoms with van der Waals surface area (Å²) in [6.45, 7) is 8.83. The highest BCUT2D eigenvalue weighted by molar-refractivity contribution is 5.78. The van der Waals surface area contributed by atoms with Crippen LogP contribution in [-0.4, -0.2) is 15.7 Å². The molecule has 1 aliphatic rings. The summed E-state index contributed by atoms with van der Waals surface area (Å²) in [6.07, 6.45) is 5.81. The van der Waals surface area contributed by atoms with E-state index in [1.807, 2.05) is 38.1 Å². The Kier molecular flexibility index (Phi) is 5.56. The van der Waals surface area contributed by atoms with E-state index in [2.05, 4.69) is 42.7 Å². The van der Waals surface area contributed by atoms with Crippen molar-refractivity contribution in [3.8, 4) is 11.8 Å². The van der Waals surface area contributed by atoms with Gasteiger partial charge in [0.1, 0.15) is 11.6 Å². The first-order chi connectivity index (χ1) is 14.3. The highest BCUT2D eigenvalue weighted by atomic mass is 16.5. The lowest BCUT2D eigenvalue weighted by Gasteiger charge is -2.36. The summed E-state index contributed by atoms with van der Waals surface area (Å²) in [5, 5.41) is 9.32. The number of hydrogen-bond donors (Lipinski definition) is 0. The number of aromatic nitrogens is 2. The molecule has 2 aromatic carbocycles. The first-order valence-corrected chi connectivity index (χ1v) is 11.0. The standard InChI is InChI=1S/C26H31N3O/c1-18(2)30-22-10-7-19(8-11-22)15-25-28-23-14-20(17-27)9-12-24(23)29(25)21-6-5-13-26(3,4)16-21/h7-12,14,18,21H,5-6,13,15-16H2,1-4H3. The molecule has 0 saturated heterocycles. The molecule has 0 amide bonds. The van der Waals surface area contributed by atoms with Gasteiger partial charge in [0, 0.05) is 12.5 Å². The van der Waals surface area contributed by atoms with E-state index >= 15 is 0 Å². The zero-order valence-electron chi connectivity index (χ0n) is 18.5. The summed E-state index contributed by atoms with van der Waals surface area (Å²) in [5.74, 6) is 1.98. The van der Waals surface area contributed by atoms with Gasteiger partial charge in [-0.05, 0) is 74.4 Å². The van der Waals surface area contributed by atoms with Gasteiger partial charge < -0.3 is 9.30 Å². The van der Waals surface area contributed by atoms with Gasteiger partial charge in [0.15, 0.2) is 0 Å². The Morgan fingerprint density at radius 1 is 1.20 bits per heavy atom. The Morgan fingerprint density at radius 3 is 2.63 bits per heavy atom. The van der Waals surface area contributed by atoms with E-state index in [0.29, 0.717) is 17.0 Å². The molecule has 156 valence electrons. The predicted octanol–water partition coefficient (Wildman–Crippen LogP) is 6.43. The highest BCUT2D eigenvalue weighted by Gasteiger charge is 2.31. The van der Waals surface area contributed by atoms with Crippen molar-refractivity contribution in [1.29, 1.82) is 5.26 Å². The van der Waals surface area contributed by atoms with E-state index in [1.165, 1.54) is 24.8 Å². The summed E-state index contributed by atoms with van der Waals surface area (Å²) < 4.78 is 8.24. The minimum absolute atomic E-state index is 0.170. The quantitative estimate of drug-likeness (QED) is 0.495. The Balaban J connectivity index is 1.71. The fourth-order valence-corrected chi connectivity index (χ4v) is 4.77. The van der Waals surface area contributed by atoms with E-state index < -0.39 is 0 Å². The van der Waals surface area contributed by atoms with Crippen LogP contribution in [0, 0.1) is 16.7 Å². The lowest BCUT2D eigenvalue weighted by atomic mass is 9.75. The van der Waals surface area contributed by atoms with Crippen LogP contribution in [0.4, 0.5) is 0 Å². The van der Waals surface area contributed by atoms with Crippen molar-refractivity contribution in [3.63, 3.8) is 0 Å². The number of fused-ring (bicyclic) bond motifs is 1. The molecule has 1 aliphatic carbocycles. The molecule has 1 fully saturated rings. The molecule has 1 atom stereocenters. The van der Waals surface area contributed by atoms with Gasteiger partial charge >= 0.3 is 0 Å². The second-order valence-corrected chi connectivity index (χ2v) is 9.62. The van der Waals surface area contributed by atoms with Gasteiger partial charge in [-0.3, -0.25) is 0 Å². The van der Waals surface area contributed by atoms with Gasteiger partial charge in [0.25, 0.3) is 0 Å². The third-order valence-electron chi connectivity index (χ3n) is 6.09. The SMILES string of the molecule is CC(C)Oc1ccc(Cc2nc3cc(C#N)ccc3n2C2CCCC(C)(C)C2)cc1. The Bertz CT molecular complexity index is 1070. The molecule has 0 spiro atoms. The normalized spacial score (nSPS) is 18.5. The number of ether oxygens (including phenoxy) is 1.